The highest BCUT2D eigenvalue weighted by Crippen LogP contribution is 2.25. The van der Waals surface area contributed by atoms with E-state index in [1.807, 2.05) is 11.8 Å². The Bertz CT molecular complexity index is 477. The summed E-state index contributed by atoms with van der Waals surface area (Å²) in [6.07, 6.45) is 2.65. The third-order valence-corrected chi connectivity index (χ3v) is 5.39. The molecule has 1 aromatic carbocycles. The van der Waals surface area contributed by atoms with Gasteiger partial charge < -0.3 is 10.2 Å². The highest BCUT2D eigenvalue weighted by molar-refractivity contribution is 8.14. The van der Waals surface area contributed by atoms with E-state index in [9.17, 15) is 0 Å². The van der Waals surface area contributed by atoms with Gasteiger partial charge in [-0.25, -0.2) is 0 Å². The van der Waals surface area contributed by atoms with Crippen LogP contribution < -0.4 is 10.2 Å². The number of hydrogen-bond donors (Lipinski definition) is 1. The summed E-state index contributed by atoms with van der Waals surface area (Å²) in [6.45, 7) is 6.86. The van der Waals surface area contributed by atoms with Gasteiger partial charge in [-0.2, -0.15) is 0 Å². The average Bonchev–Trinajstić information content (AvgIpc) is 2.98. The van der Waals surface area contributed by atoms with Crippen molar-refractivity contribution in [1.82, 2.24) is 0 Å². The molecule has 1 saturated heterocycles. The minimum atomic E-state index is 0.419. The third-order valence-electron chi connectivity index (χ3n) is 4.22. The maximum atomic E-state index is 4.72. The first kappa shape index (κ1) is 13.8. The number of nitrogens with one attached hydrogen (secondary N) is 1. The molecule has 0 saturated carbocycles. The van der Waals surface area contributed by atoms with Gasteiger partial charge in [-0.05, 0) is 49.9 Å². The number of aliphatic imine (C=N–C) groups is 1. The standard InChI is InChI=1S/C16H23N3S/c1-12-11-20-16(17-13(12)2)18-14-5-7-15(8-6-14)19-9-3-4-10-19/h5-8,12-13H,3-4,9-11H2,1-2H3,(H,17,18). The molecule has 1 fully saturated rings. The van der Waals surface area contributed by atoms with Crippen LogP contribution >= 0.6 is 11.8 Å². The molecule has 0 spiro atoms. The SMILES string of the molecule is CC1CSC(Nc2ccc(N3CCCC3)cc2)=NC1C. The highest BCUT2D eigenvalue weighted by Gasteiger charge is 2.19. The Morgan fingerprint density at radius 2 is 1.85 bits per heavy atom. The van der Waals surface area contributed by atoms with Gasteiger partial charge in [0.2, 0.25) is 0 Å². The van der Waals surface area contributed by atoms with Crippen LogP contribution in [0.4, 0.5) is 11.4 Å². The van der Waals surface area contributed by atoms with Crippen molar-refractivity contribution in [3.05, 3.63) is 24.3 Å². The van der Waals surface area contributed by atoms with E-state index in [1.165, 1.54) is 31.6 Å². The van der Waals surface area contributed by atoms with Gasteiger partial charge in [0.05, 0.1) is 6.04 Å². The average molecular weight is 289 g/mol. The van der Waals surface area contributed by atoms with Gasteiger partial charge in [0.15, 0.2) is 5.17 Å². The molecule has 0 radical (unpaired) electrons. The van der Waals surface area contributed by atoms with Crippen molar-refractivity contribution in [3.8, 4) is 0 Å². The molecule has 1 N–H and O–H groups in total. The van der Waals surface area contributed by atoms with Crippen LogP contribution in [-0.2, 0) is 0 Å². The maximum absolute atomic E-state index is 4.72. The van der Waals surface area contributed by atoms with Crippen LogP contribution in [0.1, 0.15) is 26.7 Å². The first-order valence-electron chi connectivity index (χ1n) is 7.55. The predicted octanol–water partition coefficient (Wildman–Crippen LogP) is 3.83. The van der Waals surface area contributed by atoms with Gasteiger partial charge in [0.25, 0.3) is 0 Å². The van der Waals surface area contributed by atoms with Crippen LogP contribution in [0.2, 0.25) is 0 Å². The largest absolute Gasteiger partial charge is 0.372 e. The molecule has 2 aliphatic heterocycles. The summed E-state index contributed by atoms with van der Waals surface area (Å²) in [4.78, 5) is 7.18. The number of amidine groups is 1. The lowest BCUT2D eigenvalue weighted by molar-refractivity contribution is 0.537. The lowest BCUT2D eigenvalue weighted by Crippen LogP contribution is -2.25. The smallest absolute Gasteiger partial charge is 0.161 e. The molecule has 2 heterocycles. The van der Waals surface area contributed by atoms with Crippen LogP contribution in [0.25, 0.3) is 0 Å². The monoisotopic (exact) mass is 289 g/mol. The van der Waals surface area contributed by atoms with Crippen molar-refractivity contribution in [1.29, 1.82) is 0 Å². The zero-order valence-corrected chi connectivity index (χ0v) is 13.1. The molecule has 4 heteroatoms. The molecule has 3 nitrogen and oxygen atoms in total. The Kier molecular flexibility index (Phi) is 4.20. The lowest BCUT2D eigenvalue weighted by atomic mass is 10.1. The minimum absolute atomic E-state index is 0.419. The zero-order valence-electron chi connectivity index (χ0n) is 12.3. The fourth-order valence-corrected chi connectivity index (χ4v) is 3.75. The minimum Gasteiger partial charge on any atom is -0.372 e. The van der Waals surface area contributed by atoms with Crippen molar-refractivity contribution < 1.29 is 0 Å². The number of rotatable bonds is 2. The molecule has 0 amide bonds. The molecule has 1 aromatic rings. The second-order valence-electron chi connectivity index (χ2n) is 5.83. The van der Waals surface area contributed by atoms with Crippen molar-refractivity contribution in [3.63, 3.8) is 0 Å². The molecule has 20 heavy (non-hydrogen) atoms. The van der Waals surface area contributed by atoms with E-state index < -0.39 is 0 Å². The first-order valence-corrected chi connectivity index (χ1v) is 8.53. The molecule has 2 unspecified atom stereocenters. The summed E-state index contributed by atoms with van der Waals surface area (Å²) in [6, 6.07) is 9.18. The van der Waals surface area contributed by atoms with Crippen molar-refractivity contribution >= 4 is 28.3 Å². The zero-order chi connectivity index (χ0) is 13.9. The van der Waals surface area contributed by atoms with Crippen LogP contribution in [0.15, 0.2) is 29.3 Å². The number of nitrogens with zero attached hydrogens (tertiary/aromatic N) is 2. The van der Waals surface area contributed by atoms with Crippen molar-refractivity contribution in [2.75, 3.05) is 29.1 Å². The molecule has 3 rings (SSSR count). The van der Waals surface area contributed by atoms with E-state index in [0.717, 1.165) is 16.6 Å². The fraction of sp³-hybridized carbons (Fsp3) is 0.562. The van der Waals surface area contributed by atoms with Crippen LogP contribution in [-0.4, -0.2) is 30.1 Å². The van der Waals surface area contributed by atoms with Gasteiger partial charge in [0.1, 0.15) is 0 Å². The molecule has 0 bridgehead atoms. The van der Waals surface area contributed by atoms with Gasteiger partial charge in [-0.1, -0.05) is 18.7 Å². The number of benzene rings is 1. The van der Waals surface area contributed by atoms with Gasteiger partial charge >= 0.3 is 0 Å². The summed E-state index contributed by atoms with van der Waals surface area (Å²) in [5.74, 6) is 1.82. The van der Waals surface area contributed by atoms with E-state index in [4.69, 9.17) is 4.99 Å². The Morgan fingerprint density at radius 1 is 1.15 bits per heavy atom. The number of hydrogen-bond acceptors (Lipinski definition) is 4. The fourth-order valence-electron chi connectivity index (χ4n) is 2.62. The Hall–Kier alpha value is -1.16. The highest BCUT2D eigenvalue weighted by atomic mass is 32.2. The van der Waals surface area contributed by atoms with E-state index in [1.54, 1.807) is 0 Å². The van der Waals surface area contributed by atoms with Gasteiger partial charge in [0, 0.05) is 30.2 Å². The topological polar surface area (TPSA) is 27.6 Å². The summed E-state index contributed by atoms with van der Waals surface area (Å²) >= 11 is 1.83. The summed E-state index contributed by atoms with van der Waals surface area (Å²) in [5.41, 5.74) is 2.48. The quantitative estimate of drug-likeness (QED) is 0.897. The van der Waals surface area contributed by atoms with Crippen LogP contribution in [0.5, 0.6) is 0 Å². The Labute approximate surface area is 125 Å². The summed E-state index contributed by atoms with van der Waals surface area (Å²) in [7, 11) is 0. The second-order valence-corrected chi connectivity index (χ2v) is 6.84. The molecule has 2 aliphatic rings. The van der Waals surface area contributed by atoms with Crippen molar-refractivity contribution in [2.45, 2.75) is 32.7 Å². The molecule has 108 valence electrons. The molecule has 0 aromatic heterocycles. The molecule has 0 aliphatic carbocycles. The Morgan fingerprint density at radius 3 is 2.50 bits per heavy atom. The molecular formula is C16H23N3S. The van der Waals surface area contributed by atoms with Crippen LogP contribution in [0.3, 0.4) is 0 Å². The Balaban J connectivity index is 1.65. The van der Waals surface area contributed by atoms with Crippen LogP contribution in [0, 0.1) is 5.92 Å². The van der Waals surface area contributed by atoms with Crippen molar-refractivity contribution in [2.24, 2.45) is 10.9 Å². The van der Waals surface area contributed by atoms with Gasteiger partial charge in [-0.3, -0.25) is 4.99 Å². The molecule has 2 atom stereocenters. The number of thioether (sulfide) groups is 1. The predicted molar refractivity (Wildman–Crippen MR) is 90.0 cm³/mol. The second kappa shape index (κ2) is 6.08. The third kappa shape index (κ3) is 3.11. The normalized spacial score (nSPS) is 26.5. The summed E-state index contributed by atoms with van der Waals surface area (Å²) < 4.78 is 0. The lowest BCUT2D eigenvalue weighted by Gasteiger charge is -2.24. The summed E-state index contributed by atoms with van der Waals surface area (Å²) in [5, 5.41) is 4.50. The van der Waals surface area contributed by atoms with E-state index in [2.05, 4.69) is 48.3 Å². The number of anilines is 2. The maximum Gasteiger partial charge on any atom is 0.161 e. The molecular weight excluding hydrogens is 266 g/mol. The van der Waals surface area contributed by atoms with E-state index in [-0.39, 0.29) is 0 Å². The van der Waals surface area contributed by atoms with E-state index in [0.29, 0.717) is 12.0 Å². The van der Waals surface area contributed by atoms with E-state index >= 15 is 0 Å². The van der Waals surface area contributed by atoms with Gasteiger partial charge in [-0.15, -0.1) is 0 Å². The first-order chi connectivity index (χ1) is 9.72.